The van der Waals surface area contributed by atoms with Crippen molar-refractivity contribution in [3.05, 3.63) is 42.2 Å². The Kier molecular flexibility index (Phi) is 3.30. The van der Waals surface area contributed by atoms with Crippen molar-refractivity contribution < 1.29 is 4.79 Å². The first-order valence-electron chi connectivity index (χ1n) is 7.14. The van der Waals surface area contributed by atoms with Crippen molar-refractivity contribution in [1.29, 1.82) is 0 Å². The summed E-state index contributed by atoms with van der Waals surface area (Å²) < 4.78 is 2.21. The molecular weight excluding hydrogens is 250 g/mol. The van der Waals surface area contributed by atoms with Crippen LogP contribution in [0.1, 0.15) is 41.9 Å². The molecule has 1 heterocycles. The standard InChI is InChI=1S/C16H19N3O/c1-3-9-19-14-8-7-12(16(20)17-4-2)10-13(14)18-15(19)11-5-6-11/h3,7-8,10-11H,1,4-6,9H2,2H3,(H,17,20). The molecule has 0 atom stereocenters. The highest BCUT2D eigenvalue weighted by Crippen LogP contribution is 2.40. The average molecular weight is 269 g/mol. The predicted molar refractivity (Wildman–Crippen MR) is 79.9 cm³/mol. The summed E-state index contributed by atoms with van der Waals surface area (Å²) in [6, 6.07) is 5.74. The summed E-state index contributed by atoms with van der Waals surface area (Å²) >= 11 is 0. The van der Waals surface area contributed by atoms with Crippen LogP contribution in [-0.2, 0) is 6.54 Å². The van der Waals surface area contributed by atoms with Crippen molar-refractivity contribution in [3.63, 3.8) is 0 Å². The van der Waals surface area contributed by atoms with Gasteiger partial charge in [-0.05, 0) is 38.0 Å². The fourth-order valence-corrected chi connectivity index (χ4v) is 2.53. The molecule has 0 aliphatic heterocycles. The summed E-state index contributed by atoms with van der Waals surface area (Å²) in [4.78, 5) is 16.6. The summed E-state index contributed by atoms with van der Waals surface area (Å²) in [6.45, 7) is 7.14. The van der Waals surface area contributed by atoms with Gasteiger partial charge in [0.05, 0.1) is 11.0 Å². The molecule has 3 rings (SSSR count). The Morgan fingerprint density at radius 3 is 3.00 bits per heavy atom. The Balaban J connectivity index is 2.06. The van der Waals surface area contributed by atoms with Crippen LogP contribution in [0.3, 0.4) is 0 Å². The first-order valence-corrected chi connectivity index (χ1v) is 7.14. The maximum absolute atomic E-state index is 11.9. The molecule has 1 aliphatic rings. The molecule has 0 spiro atoms. The zero-order valence-corrected chi connectivity index (χ0v) is 11.7. The number of benzene rings is 1. The molecule has 1 aromatic carbocycles. The number of amides is 1. The Morgan fingerprint density at radius 1 is 1.55 bits per heavy atom. The van der Waals surface area contributed by atoms with Crippen LogP contribution < -0.4 is 5.32 Å². The van der Waals surface area contributed by atoms with Gasteiger partial charge < -0.3 is 9.88 Å². The number of fused-ring (bicyclic) bond motifs is 1. The molecule has 1 aliphatic carbocycles. The van der Waals surface area contributed by atoms with Crippen LogP contribution in [0.2, 0.25) is 0 Å². The fraction of sp³-hybridized carbons (Fsp3) is 0.375. The summed E-state index contributed by atoms with van der Waals surface area (Å²) in [5.41, 5.74) is 2.65. The second-order valence-electron chi connectivity index (χ2n) is 5.21. The number of nitrogens with one attached hydrogen (secondary N) is 1. The van der Waals surface area contributed by atoms with Gasteiger partial charge in [-0.25, -0.2) is 4.98 Å². The van der Waals surface area contributed by atoms with Gasteiger partial charge in [-0.3, -0.25) is 4.79 Å². The third-order valence-corrected chi connectivity index (χ3v) is 3.63. The van der Waals surface area contributed by atoms with E-state index in [0.29, 0.717) is 18.0 Å². The van der Waals surface area contributed by atoms with Crippen molar-refractivity contribution in [2.75, 3.05) is 6.54 Å². The number of hydrogen-bond donors (Lipinski definition) is 1. The molecule has 104 valence electrons. The summed E-state index contributed by atoms with van der Waals surface area (Å²) in [5, 5.41) is 2.82. The van der Waals surface area contributed by atoms with E-state index in [4.69, 9.17) is 4.98 Å². The number of aromatic nitrogens is 2. The van der Waals surface area contributed by atoms with Crippen LogP contribution in [0.15, 0.2) is 30.9 Å². The number of nitrogens with zero attached hydrogens (tertiary/aromatic N) is 2. The molecule has 0 saturated heterocycles. The topological polar surface area (TPSA) is 46.9 Å². The second-order valence-corrected chi connectivity index (χ2v) is 5.21. The summed E-state index contributed by atoms with van der Waals surface area (Å²) in [7, 11) is 0. The highest BCUT2D eigenvalue weighted by molar-refractivity contribution is 5.97. The van der Waals surface area contributed by atoms with E-state index >= 15 is 0 Å². The molecule has 0 radical (unpaired) electrons. The van der Waals surface area contributed by atoms with Crippen molar-refractivity contribution in [2.24, 2.45) is 0 Å². The highest BCUT2D eigenvalue weighted by Gasteiger charge is 2.29. The summed E-state index contributed by atoms with van der Waals surface area (Å²) in [6.07, 6.45) is 4.32. The van der Waals surface area contributed by atoms with Gasteiger partial charge in [-0.1, -0.05) is 6.08 Å². The van der Waals surface area contributed by atoms with Crippen LogP contribution in [0.25, 0.3) is 11.0 Å². The molecule has 4 heteroatoms. The van der Waals surface area contributed by atoms with Crippen LogP contribution in [0.4, 0.5) is 0 Å². The van der Waals surface area contributed by atoms with Gasteiger partial charge in [0.2, 0.25) is 0 Å². The van der Waals surface area contributed by atoms with Crippen LogP contribution in [-0.4, -0.2) is 22.0 Å². The first-order chi connectivity index (χ1) is 9.74. The fourth-order valence-electron chi connectivity index (χ4n) is 2.53. The lowest BCUT2D eigenvalue weighted by atomic mass is 10.2. The van der Waals surface area contributed by atoms with Gasteiger partial charge in [0.15, 0.2) is 0 Å². The second kappa shape index (κ2) is 5.12. The Hall–Kier alpha value is -2.10. The molecule has 0 unspecified atom stereocenters. The van der Waals surface area contributed by atoms with Crippen molar-refractivity contribution >= 4 is 16.9 Å². The van der Waals surface area contributed by atoms with E-state index in [1.165, 1.54) is 12.8 Å². The quantitative estimate of drug-likeness (QED) is 0.848. The van der Waals surface area contributed by atoms with E-state index in [-0.39, 0.29) is 5.91 Å². The molecular formula is C16H19N3O. The molecule has 20 heavy (non-hydrogen) atoms. The minimum absolute atomic E-state index is 0.0411. The van der Waals surface area contributed by atoms with Gasteiger partial charge in [0, 0.05) is 24.6 Å². The van der Waals surface area contributed by atoms with E-state index in [1.54, 1.807) is 0 Å². The van der Waals surface area contributed by atoms with Gasteiger partial charge in [0.1, 0.15) is 5.82 Å². The minimum atomic E-state index is -0.0411. The Bertz CT molecular complexity index is 668. The molecule has 1 fully saturated rings. The lowest BCUT2D eigenvalue weighted by Gasteiger charge is -2.05. The maximum Gasteiger partial charge on any atom is 0.251 e. The predicted octanol–water partition coefficient (Wildman–Crippen LogP) is 2.85. The normalized spacial score (nSPS) is 14.4. The smallest absolute Gasteiger partial charge is 0.251 e. The largest absolute Gasteiger partial charge is 0.352 e. The van der Waals surface area contributed by atoms with Crippen molar-refractivity contribution in [3.8, 4) is 0 Å². The average Bonchev–Trinajstić information content (AvgIpc) is 3.23. The number of imidazole rings is 1. The van der Waals surface area contributed by atoms with Gasteiger partial charge in [-0.2, -0.15) is 0 Å². The van der Waals surface area contributed by atoms with Crippen LogP contribution in [0, 0.1) is 0 Å². The number of allylic oxidation sites excluding steroid dienone is 1. The van der Waals surface area contributed by atoms with E-state index in [0.717, 1.165) is 23.4 Å². The van der Waals surface area contributed by atoms with Gasteiger partial charge >= 0.3 is 0 Å². The molecule has 1 amide bonds. The zero-order valence-electron chi connectivity index (χ0n) is 11.7. The van der Waals surface area contributed by atoms with E-state index in [1.807, 2.05) is 31.2 Å². The van der Waals surface area contributed by atoms with Crippen LogP contribution >= 0.6 is 0 Å². The third-order valence-electron chi connectivity index (χ3n) is 3.63. The molecule has 4 nitrogen and oxygen atoms in total. The Morgan fingerprint density at radius 2 is 2.35 bits per heavy atom. The van der Waals surface area contributed by atoms with E-state index < -0.39 is 0 Å². The van der Waals surface area contributed by atoms with Crippen LogP contribution in [0.5, 0.6) is 0 Å². The minimum Gasteiger partial charge on any atom is -0.352 e. The molecule has 2 aromatic rings. The molecule has 1 saturated carbocycles. The molecule has 0 bridgehead atoms. The molecule has 1 N–H and O–H groups in total. The van der Waals surface area contributed by atoms with Gasteiger partial charge in [0.25, 0.3) is 5.91 Å². The zero-order chi connectivity index (χ0) is 14.1. The van der Waals surface area contributed by atoms with Gasteiger partial charge in [-0.15, -0.1) is 6.58 Å². The number of carbonyl (C=O) groups excluding carboxylic acids is 1. The van der Waals surface area contributed by atoms with Crippen molar-refractivity contribution in [1.82, 2.24) is 14.9 Å². The van der Waals surface area contributed by atoms with E-state index in [2.05, 4.69) is 16.5 Å². The number of carbonyl (C=O) groups is 1. The SMILES string of the molecule is C=CCn1c(C2CC2)nc2cc(C(=O)NCC)ccc21. The number of hydrogen-bond acceptors (Lipinski definition) is 2. The monoisotopic (exact) mass is 269 g/mol. The Labute approximate surface area is 118 Å². The van der Waals surface area contributed by atoms with Crippen molar-refractivity contribution in [2.45, 2.75) is 32.2 Å². The molecule has 1 aromatic heterocycles. The maximum atomic E-state index is 11.9. The van der Waals surface area contributed by atoms with E-state index in [9.17, 15) is 4.79 Å². The third kappa shape index (κ3) is 2.22. The first kappa shape index (κ1) is 12.9. The highest BCUT2D eigenvalue weighted by atomic mass is 16.1. The number of rotatable bonds is 5. The lowest BCUT2D eigenvalue weighted by molar-refractivity contribution is 0.0956. The lowest BCUT2D eigenvalue weighted by Crippen LogP contribution is -2.22. The summed E-state index contributed by atoms with van der Waals surface area (Å²) in [5.74, 6) is 1.67.